The summed E-state index contributed by atoms with van der Waals surface area (Å²) in [5, 5.41) is 2.82. The van der Waals surface area contributed by atoms with Gasteiger partial charge in [-0.1, -0.05) is 23.7 Å². The number of carbonyl (C=O) groups excluding carboxylic acids is 1. The van der Waals surface area contributed by atoms with Crippen LogP contribution < -0.4 is 14.4 Å². The van der Waals surface area contributed by atoms with Gasteiger partial charge in [0.2, 0.25) is 26.0 Å². The third-order valence-electron chi connectivity index (χ3n) is 5.03. The van der Waals surface area contributed by atoms with Gasteiger partial charge in [-0.25, -0.2) is 16.8 Å². The van der Waals surface area contributed by atoms with E-state index in [0.717, 1.165) is 23.4 Å². The Bertz CT molecular complexity index is 1180. The quantitative estimate of drug-likeness (QED) is 0.485. The van der Waals surface area contributed by atoms with Gasteiger partial charge in [0.05, 0.1) is 28.4 Å². The fourth-order valence-electron chi connectivity index (χ4n) is 3.37. The van der Waals surface area contributed by atoms with E-state index in [2.05, 4.69) is 5.32 Å². The molecule has 3 rings (SSSR count). The highest BCUT2D eigenvalue weighted by molar-refractivity contribution is 7.92. The van der Waals surface area contributed by atoms with Gasteiger partial charge in [0.25, 0.3) is 0 Å². The summed E-state index contributed by atoms with van der Waals surface area (Å²) in [6, 6.07) is 12.5. The van der Waals surface area contributed by atoms with Crippen molar-refractivity contribution in [3.8, 4) is 5.75 Å². The number of hydrogen-bond donors (Lipinski definition) is 1. The predicted molar refractivity (Wildman–Crippen MR) is 127 cm³/mol. The van der Waals surface area contributed by atoms with Crippen LogP contribution in [-0.2, 0) is 24.8 Å². The van der Waals surface area contributed by atoms with E-state index in [-0.39, 0.29) is 28.8 Å². The van der Waals surface area contributed by atoms with Crippen LogP contribution in [0.25, 0.3) is 0 Å². The Hall–Kier alpha value is -2.34. The van der Waals surface area contributed by atoms with Crippen LogP contribution in [0.2, 0.25) is 5.02 Å². The number of carbonyl (C=O) groups is 1. The lowest BCUT2D eigenvalue weighted by atomic mass is 10.3. The minimum atomic E-state index is -3.73. The molecule has 0 unspecified atom stereocenters. The zero-order valence-corrected chi connectivity index (χ0v) is 20.5. The molecular formula is C21H26ClN3O6S2. The topological polar surface area (TPSA) is 113 Å². The molecule has 33 heavy (non-hydrogen) atoms. The maximum Gasteiger partial charge on any atom is 0.243 e. The average molecular weight is 516 g/mol. The second-order valence-electron chi connectivity index (χ2n) is 7.50. The zero-order valence-electron chi connectivity index (χ0n) is 18.1. The molecule has 1 heterocycles. The number of para-hydroxylation sites is 1. The van der Waals surface area contributed by atoms with Gasteiger partial charge in [-0.3, -0.25) is 9.10 Å². The molecule has 0 spiro atoms. The first kappa shape index (κ1) is 25.3. The third kappa shape index (κ3) is 6.59. The van der Waals surface area contributed by atoms with Crippen molar-refractivity contribution in [2.45, 2.75) is 17.7 Å². The molecule has 180 valence electrons. The van der Waals surface area contributed by atoms with E-state index in [1.807, 2.05) is 0 Å². The highest BCUT2D eigenvalue weighted by Gasteiger charge is 2.27. The fourth-order valence-corrected chi connectivity index (χ4v) is 6.04. The van der Waals surface area contributed by atoms with Crippen molar-refractivity contribution >= 4 is 43.2 Å². The lowest BCUT2D eigenvalue weighted by Crippen LogP contribution is -2.41. The monoisotopic (exact) mass is 515 g/mol. The molecule has 0 atom stereocenters. The summed E-state index contributed by atoms with van der Waals surface area (Å²) in [4.78, 5) is 12.5. The van der Waals surface area contributed by atoms with Crippen molar-refractivity contribution in [3.63, 3.8) is 0 Å². The molecule has 1 amide bonds. The molecule has 0 aliphatic carbocycles. The smallest absolute Gasteiger partial charge is 0.243 e. The van der Waals surface area contributed by atoms with Gasteiger partial charge in [0.15, 0.2) is 0 Å². The van der Waals surface area contributed by atoms with E-state index < -0.39 is 32.5 Å². The molecule has 1 fully saturated rings. The van der Waals surface area contributed by atoms with Gasteiger partial charge in [-0.15, -0.1) is 0 Å². The van der Waals surface area contributed by atoms with E-state index in [1.54, 1.807) is 30.3 Å². The van der Waals surface area contributed by atoms with Crippen molar-refractivity contribution in [2.75, 3.05) is 43.3 Å². The second kappa shape index (κ2) is 10.7. The summed E-state index contributed by atoms with van der Waals surface area (Å²) in [5.74, 6) is -0.0607. The number of nitrogens with zero attached hydrogens (tertiary/aromatic N) is 2. The fraction of sp³-hybridized carbons (Fsp3) is 0.381. The maximum absolute atomic E-state index is 12.5. The lowest BCUT2D eigenvalue weighted by molar-refractivity contribution is -0.119. The molecule has 0 radical (unpaired) electrons. The number of nitrogens with one attached hydrogen (secondary N) is 1. The van der Waals surface area contributed by atoms with Crippen LogP contribution in [0.3, 0.4) is 0 Å². The van der Waals surface area contributed by atoms with Crippen LogP contribution in [0, 0.1) is 0 Å². The molecule has 1 N–H and O–H groups in total. The summed E-state index contributed by atoms with van der Waals surface area (Å²) in [6.45, 7) is 0.897. The van der Waals surface area contributed by atoms with Crippen LogP contribution in [0.4, 0.5) is 5.69 Å². The summed E-state index contributed by atoms with van der Waals surface area (Å²) in [5.41, 5.74) is 0.219. The summed E-state index contributed by atoms with van der Waals surface area (Å²) in [6.07, 6.45) is 2.74. The Morgan fingerprint density at radius 1 is 1.06 bits per heavy atom. The molecule has 1 aliphatic rings. The molecule has 2 aromatic carbocycles. The Balaban J connectivity index is 1.50. The normalized spacial score (nSPS) is 14.7. The summed E-state index contributed by atoms with van der Waals surface area (Å²) in [7, 11) is -7.21. The van der Waals surface area contributed by atoms with E-state index >= 15 is 0 Å². The lowest BCUT2D eigenvalue weighted by Gasteiger charge is -2.22. The van der Waals surface area contributed by atoms with Gasteiger partial charge in [-0.05, 0) is 49.2 Å². The van der Waals surface area contributed by atoms with Crippen molar-refractivity contribution in [1.29, 1.82) is 0 Å². The number of amides is 1. The van der Waals surface area contributed by atoms with Gasteiger partial charge >= 0.3 is 0 Å². The van der Waals surface area contributed by atoms with Crippen molar-refractivity contribution in [3.05, 3.63) is 53.6 Å². The van der Waals surface area contributed by atoms with E-state index in [1.165, 1.54) is 22.5 Å². The number of sulfonamides is 2. The largest absolute Gasteiger partial charge is 0.492 e. The molecule has 9 nitrogen and oxygen atoms in total. The van der Waals surface area contributed by atoms with Crippen LogP contribution in [0.1, 0.15) is 12.8 Å². The first-order valence-electron chi connectivity index (χ1n) is 10.3. The summed E-state index contributed by atoms with van der Waals surface area (Å²) >= 11 is 6.08. The Kier molecular flexibility index (Phi) is 8.22. The maximum atomic E-state index is 12.5. The van der Waals surface area contributed by atoms with Gasteiger partial charge in [0.1, 0.15) is 18.9 Å². The first-order chi connectivity index (χ1) is 15.6. The average Bonchev–Trinajstić information content (AvgIpc) is 3.31. The molecular weight excluding hydrogens is 490 g/mol. The standard InChI is InChI=1S/C21H26ClN3O6S2/c1-32(27,28)25(20-7-3-2-6-19(20)22)16-21(26)23-12-15-31-17-8-10-18(11-9-17)33(29,30)24-13-4-5-14-24/h2-3,6-11H,4-5,12-16H2,1H3,(H,23,26). The minimum Gasteiger partial charge on any atom is -0.492 e. The van der Waals surface area contributed by atoms with Crippen molar-refractivity contribution in [1.82, 2.24) is 9.62 Å². The van der Waals surface area contributed by atoms with Crippen LogP contribution in [0.15, 0.2) is 53.4 Å². The minimum absolute atomic E-state index is 0.120. The number of anilines is 1. The third-order valence-corrected chi connectivity index (χ3v) is 8.39. The van der Waals surface area contributed by atoms with Gasteiger partial charge < -0.3 is 10.1 Å². The Morgan fingerprint density at radius 2 is 1.70 bits per heavy atom. The molecule has 0 aromatic heterocycles. The molecule has 2 aromatic rings. The second-order valence-corrected chi connectivity index (χ2v) is 11.8. The molecule has 1 saturated heterocycles. The van der Waals surface area contributed by atoms with E-state index in [4.69, 9.17) is 16.3 Å². The molecule has 0 bridgehead atoms. The van der Waals surface area contributed by atoms with E-state index in [0.29, 0.717) is 18.8 Å². The van der Waals surface area contributed by atoms with Crippen LogP contribution in [-0.4, -0.2) is 66.1 Å². The number of rotatable bonds is 10. The van der Waals surface area contributed by atoms with Gasteiger partial charge in [-0.2, -0.15) is 4.31 Å². The zero-order chi connectivity index (χ0) is 24.1. The molecule has 0 saturated carbocycles. The first-order valence-corrected chi connectivity index (χ1v) is 14.0. The summed E-state index contributed by atoms with van der Waals surface area (Å²) < 4.78 is 57.3. The predicted octanol–water partition coefficient (Wildman–Crippen LogP) is 2.09. The Labute approximate surface area is 199 Å². The number of benzene rings is 2. The number of ether oxygens (including phenoxy) is 1. The van der Waals surface area contributed by atoms with Gasteiger partial charge in [0, 0.05) is 13.1 Å². The number of halogens is 1. The molecule has 12 heteroatoms. The molecule has 1 aliphatic heterocycles. The number of hydrogen-bond acceptors (Lipinski definition) is 6. The van der Waals surface area contributed by atoms with Crippen molar-refractivity contribution < 1.29 is 26.4 Å². The SMILES string of the molecule is CS(=O)(=O)N(CC(=O)NCCOc1ccc(S(=O)(=O)N2CCCC2)cc1)c1ccccc1Cl. The highest BCUT2D eigenvalue weighted by Crippen LogP contribution is 2.27. The van der Waals surface area contributed by atoms with Crippen LogP contribution in [0.5, 0.6) is 5.75 Å². The Morgan fingerprint density at radius 3 is 2.30 bits per heavy atom. The van der Waals surface area contributed by atoms with Crippen LogP contribution >= 0.6 is 11.6 Å². The van der Waals surface area contributed by atoms with Crippen molar-refractivity contribution in [2.24, 2.45) is 0 Å². The van der Waals surface area contributed by atoms with E-state index in [9.17, 15) is 21.6 Å². The highest BCUT2D eigenvalue weighted by atomic mass is 35.5.